The number of H-pyrrole nitrogens is 1. The summed E-state index contributed by atoms with van der Waals surface area (Å²) in [5, 5.41) is 3.56. The van der Waals surface area contributed by atoms with Crippen molar-refractivity contribution in [2.75, 3.05) is 30.4 Å². The first-order chi connectivity index (χ1) is 9.81. The van der Waals surface area contributed by atoms with E-state index >= 15 is 0 Å². The fraction of sp³-hybridized carbons (Fsp3) is 0.333. The topological polar surface area (TPSA) is 131 Å². The summed E-state index contributed by atoms with van der Waals surface area (Å²) in [6.45, 7) is 0.629. The van der Waals surface area contributed by atoms with Gasteiger partial charge in [0.25, 0.3) is 0 Å². The molecule has 4 N–H and O–H groups in total. The van der Waals surface area contributed by atoms with Crippen LogP contribution in [-0.2, 0) is 0 Å². The van der Waals surface area contributed by atoms with Gasteiger partial charge in [-0.25, -0.2) is 0 Å². The van der Waals surface area contributed by atoms with Gasteiger partial charge in [0, 0.05) is 32.0 Å². The number of hydrogen-bond acceptors (Lipinski definition) is 9. The molecule has 0 saturated carbocycles. The molecule has 0 radical (unpaired) electrons. The summed E-state index contributed by atoms with van der Waals surface area (Å²) in [7, 11) is 1.63. The molecule has 9 nitrogen and oxygen atoms in total. The minimum absolute atomic E-state index is 0. The summed E-state index contributed by atoms with van der Waals surface area (Å²) in [5.41, 5.74) is 2.54. The zero-order valence-corrected chi connectivity index (χ0v) is 19.1. The molecule has 0 spiro atoms. The fourth-order valence-electron chi connectivity index (χ4n) is 1.11. The molecule has 2 rings (SSSR count). The summed E-state index contributed by atoms with van der Waals surface area (Å²) < 4.78 is 6.93. The van der Waals surface area contributed by atoms with E-state index in [1.54, 1.807) is 7.05 Å². The van der Waals surface area contributed by atoms with Crippen LogP contribution in [0.1, 0.15) is 0 Å². The molecular formula is C9H11K2N9S. The number of nitrogens with zero attached hydrogens (tertiary/aromatic N) is 6. The number of nitrogen functional groups attached to an aromatic ring is 1. The summed E-state index contributed by atoms with van der Waals surface area (Å²) in [6.07, 6.45) is 4.92. The molecule has 21 heavy (non-hydrogen) atoms. The third kappa shape index (κ3) is 8.45. The SMILES string of the molecule is [2H]Nc1n[c-]nc(SCCNc2n[c-]nc(=NC)[nH]2)n1.[K+].[K+]. The maximum absolute atomic E-state index is 6.93. The third-order valence-corrected chi connectivity index (χ3v) is 2.74. The summed E-state index contributed by atoms with van der Waals surface area (Å²) >= 11 is 1.41. The van der Waals surface area contributed by atoms with Crippen LogP contribution in [0.15, 0.2) is 10.1 Å². The Kier molecular flexibility index (Phi) is 11.9. The molecule has 0 aliphatic heterocycles. The van der Waals surface area contributed by atoms with Crippen LogP contribution in [0.5, 0.6) is 0 Å². The van der Waals surface area contributed by atoms with E-state index in [1.165, 1.54) is 11.8 Å². The smallest absolute Gasteiger partial charge is 0.420 e. The fourth-order valence-corrected chi connectivity index (χ4v) is 1.75. The van der Waals surface area contributed by atoms with Gasteiger partial charge >= 0.3 is 103 Å². The number of anilines is 2. The van der Waals surface area contributed by atoms with Crippen LogP contribution in [0.3, 0.4) is 0 Å². The van der Waals surface area contributed by atoms with E-state index in [0.29, 0.717) is 29.0 Å². The second-order valence-corrected chi connectivity index (χ2v) is 4.22. The third-order valence-electron chi connectivity index (χ3n) is 1.89. The Labute approximate surface area is 212 Å². The Morgan fingerprint density at radius 3 is 2.90 bits per heavy atom. The predicted octanol–water partition coefficient (Wildman–Crippen LogP) is -7.09. The zero-order valence-electron chi connectivity index (χ0n) is 13.0. The van der Waals surface area contributed by atoms with Gasteiger partial charge in [-0.1, -0.05) is 0 Å². The van der Waals surface area contributed by atoms with E-state index in [0.717, 1.165) is 0 Å². The molecule has 12 heteroatoms. The van der Waals surface area contributed by atoms with E-state index in [-0.39, 0.29) is 109 Å². The number of aromatic nitrogens is 6. The summed E-state index contributed by atoms with van der Waals surface area (Å²) in [6, 6.07) is 0. The normalized spacial score (nSPS) is 10.9. The average molecular weight is 357 g/mol. The molecule has 0 aliphatic carbocycles. The van der Waals surface area contributed by atoms with Crippen molar-refractivity contribution in [3.05, 3.63) is 18.3 Å². The van der Waals surface area contributed by atoms with E-state index in [1.807, 2.05) is 0 Å². The molecule has 0 aliphatic rings. The molecule has 0 saturated heterocycles. The first-order valence-electron chi connectivity index (χ1n) is 5.75. The second-order valence-electron chi connectivity index (χ2n) is 3.16. The number of hydrogen-bond donors (Lipinski definition) is 3. The van der Waals surface area contributed by atoms with Crippen molar-refractivity contribution in [3.8, 4) is 0 Å². The number of aromatic amines is 1. The van der Waals surface area contributed by atoms with Crippen molar-refractivity contribution < 1.29 is 104 Å². The first kappa shape index (κ1) is 20.1. The van der Waals surface area contributed by atoms with Crippen LogP contribution in [0, 0.1) is 12.7 Å². The van der Waals surface area contributed by atoms with Crippen molar-refractivity contribution in [3.63, 3.8) is 0 Å². The maximum Gasteiger partial charge on any atom is 1.00 e. The van der Waals surface area contributed by atoms with E-state index in [4.69, 9.17) is 1.41 Å². The molecule has 0 amide bonds. The largest absolute Gasteiger partial charge is 1.00 e. The van der Waals surface area contributed by atoms with Crippen LogP contribution < -0.4 is 119 Å². The first-order valence-corrected chi connectivity index (χ1v) is 6.24. The minimum atomic E-state index is 0. The van der Waals surface area contributed by atoms with Crippen LogP contribution in [0.2, 0.25) is 1.41 Å². The maximum atomic E-state index is 6.93. The van der Waals surface area contributed by atoms with Crippen LogP contribution in [-0.4, -0.2) is 49.2 Å². The Morgan fingerprint density at radius 2 is 2.14 bits per heavy atom. The van der Waals surface area contributed by atoms with Crippen molar-refractivity contribution in [2.45, 2.75) is 5.16 Å². The van der Waals surface area contributed by atoms with Crippen LogP contribution in [0.4, 0.5) is 11.9 Å². The Bertz CT molecular complexity index is 626. The number of nitrogens with one attached hydrogen (secondary N) is 2. The molecular weight excluding hydrogens is 344 g/mol. The van der Waals surface area contributed by atoms with Gasteiger partial charge < -0.3 is 45.9 Å². The molecule has 0 atom stereocenters. The standard InChI is InChI=1S/C9H11N9S.2K/c1-11-7-14-5-15-8(18-7)12-2-3-19-9-16-4-13-6(10)17-9;;/h2-3H2,1H3,(H2,10,13,16,17)(H2,11,12,14,15,18);;/q-2;2*+1/i/hD. The average Bonchev–Trinajstić information content (AvgIpc) is 2.52. The van der Waals surface area contributed by atoms with Crippen molar-refractivity contribution in [1.29, 1.82) is 0 Å². The van der Waals surface area contributed by atoms with E-state index in [2.05, 4.69) is 58.6 Å². The summed E-state index contributed by atoms with van der Waals surface area (Å²) in [4.78, 5) is 26.0. The summed E-state index contributed by atoms with van der Waals surface area (Å²) in [5.74, 6) is 1.41. The Balaban J connectivity index is 0.00000220. The van der Waals surface area contributed by atoms with Gasteiger partial charge in [-0.05, 0) is 0 Å². The number of nitrogens with two attached hydrogens (primary N) is 1. The molecule has 0 aromatic carbocycles. The predicted molar refractivity (Wildman–Crippen MR) is 69.0 cm³/mol. The molecule has 2 aromatic heterocycles. The quantitative estimate of drug-likeness (QED) is 0.201. The molecule has 0 fully saturated rings. The zero-order chi connectivity index (χ0) is 14.2. The Morgan fingerprint density at radius 1 is 1.33 bits per heavy atom. The van der Waals surface area contributed by atoms with Gasteiger partial charge in [0.2, 0.25) is 0 Å². The van der Waals surface area contributed by atoms with Gasteiger partial charge in [0.15, 0.2) is 0 Å². The Hall–Kier alpha value is 1.04. The number of rotatable bonds is 6. The second kappa shape index (κ2) is 12.5. The van der Waals surface area contributed by atoms with E-state index in [9.17, 15) is 0 Å². The van der Waals surface area contributed by atoms with Gasteiger partial charge in [0.1, 0.15) is 13.0 Å². The van der Waals surface area contributed by atoms with Crippen molar-refractivity contribution >= 4 is 23.7 Å². The molecule has 0 bridgehead atoms. The van der Waals surface area contributed by atoms with Crippen molar-refractivity contribution in [1.82, 2.24) is 29.9 Å². The van der Waals surface area contributed by atoms with Crippen LogP contribution in [0.25, 0.3) is 0 Å². The van der Waals surface area contributed by atoms with Gasteiger partial charge in [0.05, 0.1) is 11.1 Å². The van der Waals surface area contributed by atoms with Gasteiger partial charge in [-0.3, -0.25) is 0 Å². The molecule has 2 aromatic rings. The molecule has 100 valence electrons. The molecule has 0 unspecified atom stereocenters. The van der Waals surface area contributed by atoms with Gasteiger partial charge in [-0.2, -0.15) is 11.8 Å². The number of thioether (sulfide) groups is 1. The monoisotopic (exact) mass is 356 g/mol. The molecule has 2 heterocycles. The minimum Gasteiger partial charge on any atom is -0.420 e. The van der Waals surface area contributed by atoms with Gasteiger partial charge in [-0.15, -0.1) is 0 Å². The van der Waals surface area contributed by atoms with Crippen molar-refractivity contribution in [2.24, 2.45) is 4.99 Å². The van der Waals surface area contributed by atoms with E-state index < -0.39 is 0 Å². The van der Waals surface area contributed by atoms with Crippen LogP contribution >= 0.6 is 11.8 Å².